The van der Waals surface area contributed by atoms with Crippen molar-refractivity contribution >= 4 is 42.6 Å². The average molecular weight is 544 g/mol. The summed E-state index contributed by atoms with van der Waals surface area (Å²) in [5, 5.41) is 0.388. The molecule has 0 unspecified atom stereocenters. The van der Waals surface area contributed by atoms with Crippen LogP contribution in [0.25, 0.3) is 10.2 Å². The highest BCUT2D eigenvalue weighted by atomic mass is 32.2. The quantitative estimate of drug-likeness (QED) is 0.239. The summed E-state index contributed by atoms with van der Waals surface area (Å²) in [5.74, 6) is 0.142. The maximum Gasteiger partial charge on any atom is 0.260 e. The Hall–Kier alpha value is -3.08. The van der Waals surface area contributed by atoms with E-state index in [1.54, 1.807) is 18.2 Å². The second-order valence-electron chi connectivity index (χ2n) is 9.71. The molecule has 2 aromatic carbocycles. The Morgan fingerprint density at radius 2 is 1.70 bits per heavy atom. The molecule has 0 saturated heterocycles. The number of fused-ring (bicyclic) bond motifs is 1. The van der Waals surface area contributed by atoms with Crippen LogP contribution < -0.4 is 4.90 Å². The third kappa shape index (κ3) is 6.26. The SMILES string of the molecule is CC(C)CN(CC(C)C)S(=O)(=O)c1ccc(C(=O)N(Cc2ccco2)c2nc3ccc(F)cc3s2)cc1. The van der Waals surface area contributed by atoms with E-state index in [2.05, 4.69) is 4.98 Å². The number of hydrogen-bond donors (Lipinski definition) is 0. The number of thiazole rings is 1. The van der Waals surface area contributed by atoms with Crippen molar-refractivity contribution in [1.29, 1.82) is 0 Å². The van der Waals surface area contributed by atoms with E-state index in [0.717, 1.165) is 0 Å². The molecule has 0 radical (unpaired) electrons. The lowest BCUT2D eigenvalue weighted by Gasteiger charge is -2.25. The molecule has 0 aliphatic heterocycles. The van der Waals surface area contributed by atoms with Crippen LogP contribution in [0.15, 0.2) is 70.2 Å². The van der Waals surface area contributed by atoms with E-state index < -0.39 is 10.0 Å². The molecule has 4 rings (SSSR count). The zero-order chi connectivity index (χ0) is 26.7. The van der Waals surface area contributed by atoms with Gasteiger partial charge in [-0.3, -0.25) is 9.69 Å². The number of benzene rings is 2. The summed E-state index contributed by atoms with van der Waals surface area (Å²) in [6.07, 6.45) is 1.52. The number of amides is 1. The molecular weight excluding hydrogens is 513 g/mol. The van der Waals surface area contributed by atoms with Crippen LogP contribution in [0.5, 0.6) is 0 Å². The molecule has 2 heterocycles. The highest BCUT2D eigenvalue weighted by Gasteiger charge is 2.27. The van der Waals surface area contributed by atoms with Crippen LogP contribution in [0.3, 0.4) is 0 Å². The molecule has 0 spiro atoms. The molecule has 196 valence electrons. The molecule has 0 aliphatic rings. The van der Waals surface area contributed by atoms with Gasteiger partial charge in [0.2, 0.25) is 10.0 Å². The lowest BCUT2D eigenvalue weighted by atomic mass is 10.2. The van der Waals surface area contributed by atoms with Crippen LogP contribution in [0.4, 0.5) is 9.52 Å². The van der Waals surface area contributed by atoms with E-state index in [4.69, 9.17) is 4.42 Å². The van der Waals surface area contributed by atoms with Gasteiger partial charge in [-0.2, -0.15) is 4.31 Å². The topological polar surface area (TPSA) is 83.7 Å². The lowest BCUT2D eigenvalue weighted by Crippen LogP contribution is -2.37. The van der Waals surface area contributed by atoms with Crippen LogP contribution in [-0.4, -0.2) is 36.7 Å². The van der Waals surface area contributed by atoms with Gasteiger partial charge < -0.3 is 4.42 Å². The monoisotopic (exact) mass is 543 g/mol. The normalized spacial score (nSPS) is 12.2. The van der Waals surface area contributed by atoms with E-state index in [1.165, 1.54) is 63.2 Å². The van der Waals surface area contributed by atoms with E-state index in [0.29, 0.717) is 39.8 Å². The molecule has 1 amide bonds. The number of anilines is 1. The summed E-state index contributed by atoms with van der Waals surface area (Å²) in [6.45, 7) is 8.87. The molecule has 0 atom stereocenters. The van der Waals surface area contributed by atoms with Gasteiger partial charge in [0.15, 0.2) is 5.13 Å². The highest BCUT2D eigenvalue weighted by Crippen LogP contribution is 2.31. The van der Waals surface area contributed by atoms with Crippen LogP contribution in [0.1, 0.15) is 43.8 Å². The van der Waals surface area contributed by atoms with Crippen molar-refractivity contribution in [3.63, 3.8) is 0 Å². The van der Waals surface area contributed by atoms with Crippen LogP contribution in [0.2, 0.25) is 0 Å². The number of nitrogens with zero attached hydrogens (tertiary/aromatic N) is 3. The predicted molar refractivity (Wildman–Crippen MR) is 144 cm³/mol. The first-order valence-corrected chi connectivity index (χ1v) is 14.3. The number of carbonyl (C=O) groups excluding carboxylic acids is 1. The minimum absolute atomic E-state index is 0.116. The van der Waals surface area contributed by atoms with Crippen molar-refractivity contribution < 1.29 is 22.0 Å². The maximum absolute atomic E-state index is 13.7. The second kappa shape index (κ2) is 11.1. The van der Waals surface area contributed by atoms with E-state index in [9.17, 15) is 17.6 Å². The van der Waals surface area contributed by atoms with Crippen molar-refractivity contribution in [3.8, 4) is 0 Å². The van der Waals surface area contributed by atoms with Crippen molar-refractivity contribution in [3.05, 3.63) is 78.0 Å². The first-order chi connectivity index (χ1) is 17.5. The number of hydrogen-bond acceptors (Lipinski definition) is 6. The van der Waals surface area contributed by atoms with E-state index in [1.807, 2.05) is 27.7 Å². The van der Waals surface area contributed by atoms with E-state index in [-0.39, 0.29) is 35.0 Å². The summed E-state index contributed by atoms with van der Waals surface area (Å²) in [4.78, 5) is 19.7. The number of carbonyl (C=O) groups is 1. The number of sulfonamides is 1. The van der Waals surface area contributed by atoms with Crippen LogP contribution in [0, 0.1) is 17.7 Å². The smallest absolute Gasteiger partial charge is 0.260 e. The lowest BCUT2D eigenvalue weighted by molar-refractivity contribution is 0.0983. The molecule has 0 saturated carbocycles. The van der Waals surface area contributed by atoms with Gasteiger partial charge in [0.1, 0.15) is 11.6 Å². The molecule has 4 aromatic rings. The first-order valence-electron chi connectivity index (χ1n) is 12.0. The first kappa shape index (κ1) is 27.0. The largest absolute Gasteiger partial charge is 0.467 e. The molecule has 0 N–H and O–H groups in total. The number of aromatic nitrogens is 1. The summed E-state index contributed by atoms with van der Waals surface area (Å²) < 4.78 is 48.0. The van der Waals surface area contributed by atoms with Crippen molar-refractivity contribution in [2.45, 2.75) is 39.1 Å². The molecule has 0 aliphatic carbocycles. The van der Waals surface area contributed by atoms with Gasteiger partial charge >= 0.3 is 0 Å². The van der Waals surface area contributed by atoms with Gasteiger partial charge in [-0.1, -0.05) is 39.0 Å². The zero-order valence-electron chi connectivity index (χ0n) is 21.2. The summed E-state index contributed by atoms with van der Waals surface area (Å²) in [7, 11) is -3.72. The van der Waals surface area contributed by atoms with Gasteiger partial charge in [0.25, 0.3) is 5.91 Å². The molecule has 0 fully saturated rings. The minimum Gasteiger partial charge on any atom is -0.467 e. The third-order valence-corrected chi connectivity index (χ3v) is 8.47. The predicted octanol–water partition coefficient (Wildman–Crippen LogP) is 6.18. The Bertz CT molecular complexity index is 1450. The number of halogens is 1. The average Bonchev–Trinajstić information content (AvgIpc) is 3.50. The molecule has 2 aromatic heterocycles. The Morgan fingerprint density at radius 1 is 1.03 bits per heavy atom. The fourth-order valence-corrected chi connectivity index (χ4v) is 6.70. The van der Waals surface area contributed by atoms with Crippen molar-refractivity contribution in [2.75, 3.05) is 18.0 Å². The number of rotatable bonds is 10. The fraction of sp³-hybridized carbons (Fsp3) is 0.333. The standard InChI is InChI=1S/C27H30FN3O4S2/c1-18(2)15-30(16-19(3)4)37(33,34)23-10-7-20(8-11-23)26(32)31(17-22-6-5-13-35-22)27-29-24-12-9-21(28)14-25(24)36-27/h5-14,18-19H,15-17H2,1-4H3. The maximum atomic E-state index is 13.7. The van der Waals surface area contributed by atoms with E-state index >= 15 is 0 Å². The Balaban J connectivity index is 1.65. The van der Waals surface area contributed by atoms with Crippen molar-refractivity contribution in [1.82, 2.24) is 9.29 Å². The highest BCUT2D eigenvalue weighted by molar-refractivity contribution is 7.89. The molecule has 0 bridgehead atoms. The molecule has 37 heavy (non-hydrogen) atoms. The summed E-state index contributed by atoms with van der Waals surface area (Å²) in [5.41, 5.74) is 0.880. The molecular formula is C27H30FN3O4S2. The van der Waals surface area contributed by atoms with Crippen LogP contribution in [-0.2, 0) is 16.6 Å². The Kier molecular flexibility index (Phi) is 8.11. The second-order valence-corrected chi connectivity index (χ2v) is 12.7. The summed E-state index contributed by atoms with van der Waals surface area (Å²) >= 11 is 1.20. The Labute approximate surface area is 220 Å². The van der Waals surface area contributed by atoms with Gasteiger partial charge in [0, 0.05) is 18.7 Å². The summed E-state index contributed by atoms with van der Waals surface area (Å²) in [6, 6.07) is 13.7. The fourth-order valence-electron chi connectivity index (χ4n) is 3.95. The number of furan rings is 1. The van der Waals surface area contributed by atoms with Crippen LogP contribution >= 0.6 is 11.3 Å². The van der Waals surface area contributed by atoms with Crippen molar-refractivity contribution in [2.24, 2.45) is 11.8 Å². The Morgan fingerprint density at radius 3 is 2.30 bits per heavy atom. The van der Waals surface area contributed by atoms with Gasteiger partial charge in [-0.15, -0.1) is 0 Å². The van der Waals surface area contributed by atoms with Gasteiger partial charge in [-0.05, 0) is 66.4 Å². The van der Waals surface area contributed by atoms with Gasteiger partial charge in [0.05, 0.1) is 27.9 Å². The molecule has 7 nitrogen and oxygen atoms in total. The zero-order valence-corrected chi connectivity index (χ0v) is 22.9. The molecule has 10 heteroatoms. The third-order valence-electron chi connectivity index (χ3n) is 5.59. The van der Waals surface area contributed by atoms with Gasteiger partial charge in [-0.25, -0.2) is 17.8 Å². The minimum atomic E-state index is -3.72.